The maximum atomic E-state index is 12.2. The molecule has 0 spiro atoms. The molecule has 6 nitrogen and oxygen atoms in total. The quantitative estimate of drug-likeness (QED) is 0.364. The van der Waals surface area contributed by atoms with E-state index in [-0.39, 0.29) is 5.91 Å². The molecule has 0 radical (unpaired) electrons. The van der Waals surface area contributed by atoms with E-state index in [1.165, 1.54) is 11.3 Å². The number of anilines is 2. The van der Waals surface area contributed by atoms with Gasteiger partial charge in [0, 0.05) is 30.2 Å². The van der Waals surface area contributed by atoms with Crippen molar-refractivity contribution in [2.75, 3.05) is 4.90 Å². The Labute approximate surface area is 183 Å². The van der Waals surface area contributed by atoms with E-state index in [0.29, 0.717) is 10.9 Å². The number of hydrogen-bond acceptors (Lipinski definition) is 6. The summed E-state index contributed by atoms with van der Waals surface area (Å²) in [5.41, 5.74) is 2.78. The minimum Gasteiger partial charge on any atom is -0.302 e. The molecule has 0 N–H and O–H groups in total. The topological polar surface area (TPSA) is 63.9 Å². The van der Waals surface area contributed by atoms with Crippen molar-refractivity contribution in [1.82, 2.24) is 19.7 Å². The van der Waals surface area contributed by atoms with Gasteiger partial charge in [0.15, 0.2) is 16.1 Å². The van der Waals surface area contributed by atoms with Crippen molar-refractivity contribution in [2.24, 2.45) is 0 Å². The van der Waals surface area contributed by atoms with Gasteiger partial charge in [-0.3, -0.25) is 9.69 Å². The average Bonchev–Trinajstić information content (AvgIpc) is 3.40. The van der Waals surface area contributed by atoms with Crippen LogP contribution in [0.1, 0.15) is 19.5 Å². The highest BCUT2D eigenvalue weighted by Gasteiger charge is 2.18. The number of thioether (sulfide) groups is 1. The molecule has 2 aromatic heterocycles. The number of para-hydroxylation sites is 1. The van der Waals surface area contributed by atoms with E-state index in [2.05, 4.69) is 26.7 Å². The van der Waals surface area contributed by atoms with Crippen molar-refractivity contribution in [3.8, 4) is 11.4 Å². The number of rotatable bonds is 7. The third kappa shape index (κ3) is 4.29. The number of carbonyl (C=O) groups is 1. The Hall–Kier alpha value is -2.97. The van der Waals surface area contributed by atoms with E-state index in [4.69, 9.17) is 0 Å². The molecule has 0 unspecified atom stereocenters. The maximum Gasteiger partial charge on any atom is 0.230 e. The van der Waals surface area contributed by atoms with Crippen LogP contribution in [0.3, 0.4) is 0 Å². The molecule has 30 heavy (non-hydrogen) atoms. The van der Waals surface area contributed by atoms with E-state index in [1.54, 1.807) is 23.6 Å². The summed E-state index contributed by atoms with van der Waals surface area (Å²) in [5, 5.41) is 12.3. The molecule has 0 bridgehead atoms. The fraction of sp³-hybridized carbons (Fsp3) is 0.182. The highest BCUT2D eigenvalue weighted by Crippen LogP contribution is 2.31. The summed E-state index contributed by atoms with van der Waals surface area (Å²) in [6, 6.07) is 19.6. The lowest BCUT2D eigenvalue weighted by Gasteiger charge is -2.17. The van der Waals surface area contributed by atoms with Gasteiger partial charge in [0.1, 0.15) is 0 Å². The minimum atomic E-state index is -0.0621. The fourth-order valence-corrected chi connectivity index (χ4v) is 4.98. The largest absolute Gasteiger partial charge is 0.302 e. The van der Waals surface area contributed by atoms with Gasteiger partial charge in [-0.1, -0.05) is 60.3 Å². The van der Waals surface area contributed by atoms with Gasteiger partial charge in [-0.15, -0.1) is 21.5 Å². The third-order valence-corrected chi connectivity index (χ3v) is 6.35. The summed E-state index contributed by atoms with van der Waals surface area (Å²) in [6.45, 7) is 4.43. The van der Waals surface area contributed by atoms with Crippen LogP contribution in [-0.2, 0) is 17.1 Å². The second kappa shape index (κ2) is 9.23. The van der Waals surface area contributed by atoms with Gasteiger partial charge in [0.05, 0.1) is 11.4 Å². The Kier molecular flexibility index (Phi) is 6.25. The molecule has 0 aliphatic carbocycles. The normalized spacial score (nSPS) is 10.9. The first-order valence-electron chi connectivity index (χ1n) is 9.59. The molecular weight excluding hydrogens is 414 g/mol. The van der Waals surface area contributed by atoms with Crippen LogP contribution in [0.15, 0.2) is 71.2 Å². The van der Waals surface area contributed by atoms with Crippen molar-refractivity contribution < 1.29 is 4.79 Å². The molecule has 4 aromatic rings. The van der Waals surface area contributed by atoms with E-state index >= 15 is 0 Å². The van der Waals surface area contributed by atoms with E-state index in [9.17, 15) is 4.79 Å². The Morgan fingerprint density at radius 1 is 1.07 bits per heavy atom. The van der Waals surface area contributed by atoms with Crippen molar-refractivity contribution in [3.63, 3.8) is 0 Å². The molecule has 152 valence electrons. The summed E-state index contributed by atoms with van der Waals surface area (Å²) >= 11 is 3.07. The standard InChI is InChI=1S/C22H21N5OS2/c1-3-26-20(17-10-6-4-7-11-17)24-25-22(26)30-15-18-14-29-21(23-18)27(16(2)28)19-12-8-5-9-13-19/h4-14H,3,15H2,1-2H3. The molecule has 8 heteroatoms. The zero-order valence-electron chi connectivity index (χ0n) is 16.7. The minimum absolute atomic E-state index is 0.0621. The first-order valence-corrected chi connectivity index (χ1v) is 11.5. The van der Waals surface area contributed by atoms with Crippen LogP contribution in [0.25, 0.3) is 11.4 Å². The average molecular weight is 436 g/mol. The van der Waals surface area contributed by atoms with E-state index in [1.807, 2.05) is 66.0 Å². The number of thiazole rings is 1. The second-order valence-corrected chi connectivity index (χ2v) is 8.30. The molecule has 2 aromatic carbocycles. The van der Waals surface area contributed by atoms with Gasteiger partial charge in [-0.05, 0) is 19.1 Å². The van der Waals surface area contributed by atoms with Crippen LogP contribution in [0.2, 0.25) is 0 Å². The molecule has 0 atom stereocenters. The van der Waals surface area contributed by atoms with Gasteiger partial charge in [0.25, 0.3) is 0 Å². The molecule has 0 saturated heterocycles. The van der Waals surface area contributed by atoms with Crippen molar-refractivity contribution in [1.29, 1.82) is 0 Å². The first-order chi connectivity index (χ1) is 14.7. The molecule has 1 amide bonds. The fourth-order valence-electron chi connectivity index (χ4n) is 3.09. The number of nitrogens with zero attached hydrogens (tertiary/aromatic N) is 5. The number of benzene rings is 2. The van der Waals surface area contributed by atoms with Gasteiger partial charge in [-0.2, -0.15) is 0 Å². The highest BCUT2D eigenvalue weighted by molar-refractivity contribution is 7.98. The number of hydrogen-bond donors (Lipinski definition) is 0. The number of aromatic nitrogens is 4. The zero-order chi connectivity index (χ0) is 20.9. The maximum absolute atomic E-state index is 12.2. The second-order valence-electron chi connectivity index (χ2n) is 6.52. The van der Waals surface area contributed by atoms with Crippen molar-refractivity contribution >= 4 is 39.8 Å². The van der Waals surface area contributed by atoms with Crippen LogP contribution >= 0.6 is 23.1 Å². The Morgan fingerprint density at radius 3 is 2.43 bits per heavy atom. The van der Waals surface area contributed by atoms with Crippen LogP contribution in [0.5, 0.6) is 0 Å². The summed E-state index contributed by atoms with van der Waals surface area (Å²) in [6.07, 6.45) is 0. The molecular formula is C22H21N5OS2. The van der Waals surface area contributed by atoms with Gasteiger partial charge in [0.2, 0.25) is 5.91 Å². The Morgan fingerprint density at radius 2 is 1.77 bits per heavy atom. The zero-order valence-corrected chi connectivity index (χ0v) is 18.4. The van der Waals surface area contributed by atoms with Crippen LogP contribution in [0, 0.1) is 0 Å². The number of amides is 1. The van der Waals surface area contributed by atoms with Gasteiger partial charge in [-0.25, -0.2) is 4.98 Å². The Bertz CT molecular complexity index is 1120. The summed E-state index contributed by atoms with van der Waals surface area (Å²) in [7, 11) is 0. The lowest BCUT2D eigenvalue weighted by molar-refractivity contribution is -0.115. The number of carbonyl (C=O) groups excluding carboxylic acids is 1. The van der Waals surface area contributed by atoms with Crippen LogP contribution < -0.4 is 4.90 Å². The SMILES string of the molecule is CCn1c(SCc2csc(N(C(C)=O)c3ccccc3)n2)nnc1-c1ccccc1. The molecule has 2 heterocycles. The molecule has 0 fully saturated rings. The predicted octanol–water partition coefficient (Wildman–Crippen LogP) is 5.40. The smallest absolute Gasteiger partial charge is 0.230 e. The van der Waals surface area contributed by atoms with Crippen LogP contribution in [-0.4, -0.2) is 25.7 Å². The van der Waals surface area contributed by atoms with Gasteiger partial charge >= 0.3 is 0 Å². The predicted molar refractivity (Wildman–Crippen MR) is 122 cm³/mol. The van der Waals surface area contributed by atoms with Crippen LogP contribution in [0.4, 0.5) is 10.8 Å². The lowest BCUT2D eigenvalue weighted by Crippen LogP contribution is -2.22. The van der Waals surface area contributed by atoms with Crippen molar-refractivity contribution in [3.05, 3.63) is 71.7 Å². The first kappa shape index (κ1) is 20.3. The van der Waals surface area contributed by atoms with E-state index < -0.39 is 0 Å². The highest BCUT2D eigenvalue weighted by atomic mass is 32.2. The summed E-state index contributed by atoms with van der Waals surface area (Å²) in [4.78, 5) is 18.5. The van der Waals surface area contributed by atoms with E-state index in [0.717, 1.165) is 34.5 Å². The van der Waals surface area contributed by atoms with Gasteiger partial charge < -0.3 is 4.57 Å². The summed E-state index contributed by atoms with van der Waals surface area (Å²) in [5.74, 6) is 1.46. The summed E-state index contributed by atoms with van der Waals surface area (Å²) < 4.78 is 2.11. The monoisotopic (exact) mass is 435 g/mol. The molecule has 0 aliphatic heterocycles. The molecule has 4 rings (SSSR count). The molecule has 0 saturated carbocycles. The Balaban J connectivity index is 1.51. The lowest BCUT2D eigenvalue weighted by atomic mass is 10.2. The molecule has 0 aliphatic rings. The third-order valence-electron chi connectivity index (χ3n) is 4.47. The van der Waals surface area contributed by atoms with Crippen molar-refractivity contribution in [2.45, 2.75) is 31.3 Å².